The Balaban J connectivity index is 1.47. The fraction of sp³-hybridized carbons (Fsp3) is 0.375. The van der Waals surface area contributed by atoms with Crippen LogP contribution >= 0.6 is 11.8 Å². The lowest BCUT2D eigenvalue weighted by molar-refractivity contribution is -0.113. The highest BCUT2D eigenvalue weighted by Gasteiger charge is 2.17. The quantitative estimate of drug-likeness (QED) is 0.558. The molecule has 0 saturated carbocycles. The van der Waals surface area contributed by atoms with Crippen LogP contribution in [0.3, 0.4) is 0 Å². The number of carbonyl (C=O) groups is 1. The summed E-state index contributed by atoms with van der Waals surface area (Å²) in [6.07, 6.45) is 4.85. The minimum atomic E-state index is -0.0327. The molecule has 5 nitrogen and oxygen atoms in total. The summed E-state index contributed by atoms with van der Waals surface area (Å²) < 4.78 is 2.10. The maximum atomic E-state index is 12.5. The SMILES string of the molecule is CCn1c(SCC(=O)Nc2cccc(C)c2C)nnc1-c1ccc2c(c1)CCCC2. The first-order valence-electron chi connectivity index (χ1n) is 10.6. The Morgan fingerprint density at radius 1 is 1.10 bits per heavy atom. The van der Waals surface area contributed by atoms with Crippen LogP contribution in [-0.2, 0) is 24.2 Å². The molecular weight excluding hydrogens is 392 g/mol. The van der Waals surface area contributed by atoms with E-state index >= 15 is 0 Å². The Kier molecular flexibility index (Phi) is 6.23. The van der Waals surface area contributed by atoms with Gasteiger partial charge in [-0.05, 0) is 80.8 Å². The molecule has 1 amide bonds. The molecule has 30 heavy (non-hydrogen) atoms. The van der Waals surface area contributed by atoms with E-state index in [0.29, 0.717) is 5.75 Å². The van der Waals surface area contributed by atoms with Gasteiger partial charge >= 0.3 is 0 Å². The molecule has 0 unspecified atom stereocenters. The lowest BCUT2D eigenvalue weighted by Gasteiger charge is -2.16. The summed E-state index contributed by atoms with van der Waals surface area (Å²) in [6, 6.07) is 12.6. The van der Waals surface area contributed by atoms with Gasteiger partial charge in [0.05, 0.1) is 5.75 Å². The van der Waals surface area contributed by atoms with Crippen LogP contribution < -0.4 is 5.32 Å². The smallest absolute Gasteiger partial charge is 0.234 e. The van der Waals surface area contributed by atoms with E-state index in [2.05, 4.69) is 45.2 Å². The first kappa shape index (κ1) is 20.7. The predicted molar refractivity (Wildman–Crippen MR) is 123 cm³/mol. The highest BCUT2D eigenvalue weighted by molar-refractivity contribution is 7.99. The van der Waals surface area contributed by atoms with Crippen LogP contribution in [0.5, 0.6) is 0 Å². The van der Waals surface area contributed by atoms with Gasteiger partial charge < -0.3 is 9.88 Å². The fourth-order valence-electron chi connectivity index (χ4n) is 3.97. The largest absolute Gasteiger partial charge is 0.325 e. The van der Waals surface area contributed by atoms with Crippen molar-refractivity contribution in [2.45, 2.75) is 58.2 Å². The molecule has 0 bridgehead atoms. The number of benzene rings is 2. The van der Waals surface area contributed by atoms with Gasteiger partial charge in [-0.3, -0.25) is 4.79 Å². The van der Waals surface area contributed by atoms with Crippen molar-refractivity contribution in [2.75, 3.05) is 11.1 Å². The molecule has 0 saturated heterocycles. The molecule has 1 aromatic heterocycles. The van der Waals surface area contributed by atoms with Crippen molar-refractivity contribution in [3.63, 3.8) is 0 Å². The number of fused-ring (bicyclic) bond motifs is 1. The maximum absolute atomic E-state index is 12.5. The van der Waals surface area contributed by atoms with Crippen LogP contribution in [0.4, 0.5) is 5.69 Å². The third kappa shape index (κ3) is 4.29. The zero-order valence-corrected chi connectivity index (χ0v) is 18.7. The number of rotatable bonds is 6. The number of aromatic nitrogens is 3. The van der Waals surface area contributed by atoms with Crippen LogP contribution in [0.15, 0.2) is 41.6 Å². The van der Waals surface area contributed by atoms with Crippen LogP contribution in [-0.4, -0.2) is 26.4 Å². The zero-order valence-electron chi connectivity index (χ0n) is 17.9. The first-order valence-corrected chi connectivity index (χ1v) is 11.6. The molecule has 1 heterocycles. The van der Waals surface area contributed by atoms with Gasteiger partial charge in [0.1, 0.15) is 0 Å². The molecule has 6 heteroatoms. The molecule has 156 valence electrons. The van der Waals surface area contributed by atoms with Gasteiger partial charge in [-0.2, -0.15) is 0 Å². The minimum Gasteiger partial charge on any atom is -0.325 e. The molecule has 3 aromatic rings. The van der Waals surface area contributed by atoms with E-state index < -0.39 is 0 Å². The van der Waals surface area contributed by atoms with Crippen molar-refractivity contribution in [1.29, 1.82) is 0 Å². The Labute approximate surface area is 182 Å². The Bertz CT molecular complexity index is 1070. The Morgan fingerprint density at radius 2 is 1.90 bits per heavy atom. The number of hydrogen-bond donors (Lipinski definition) is 1. The van der Waals surface area contributed by atoms with Gasteiger partial charge in [-0.1, -0.05) is 36.0 Å². The normalized spacial score (nSPS) is 13.2. The molecule has 1 aliphatic rings. The summed E-state index contributed by atoms with van der Waals surface area (Å²) >= 11 is 1.43. The summed E-state index contributed by atoms with van der Waals surface area (Å²) in [7, 11) is 0. The average molecular weight is 421 g/mol. The number of carbonyl (C=O) groups excluding carboxylic acids is 1. The zero-order chi connectivity index (χ0) is 21.1. The number of nitrogens with one attached hydrogen (secondary N) is 1. The number of anilines is 1. The molecule has 1 aliphatic carbocycles. The van der Waals surface area contributed by atoms with E-state index in [4.69, 9.17) is 0 Å². The van der Waals surface area contributed by atoms with Crippen molar-refractivity contribution >= 4 is 23.4 Å². The lowest BCUT2D eigenvalue weighted by atomic mass is 9.90. The summed E-state index contributed by atoms with van der Waals surface area (Å²) in [4.78, 5) is 12.5. The maximum Gasteiger partial charge on any atom is 0.234 e. The van der Waals surface area contributed by atoms with Crippen molar-refractivity contribution < 1.29 is 4.79 Å². The van der Waals surface area contributed by atoms with Crippen LogP contribution in [0, 0.1) is 13.8 Å². The minimum absolute atomic E-state index is 0.0327. The van der Waals surface area contributed by atoms with E-state index in [1.54, 1.807) is 0 Å². The molecule has 2 aromatic carbocycles. The number of nitrogens with zero attached hydrogens (tertiary/aromatic N) is 3. The Hall–Kier alpha value is -2.60. The number of amides is 1. The molecule has 1 N–H and O–H groups in total. The molecule has 0 radical (unpaired) electrons. The van der Waals surface area contributed by atoms with Crippen molar-refractivity contribution in [2.24, 2.45) is 0 Å². The second-order valence-electron chi connectivity index (χ2n) is 7.83. The van der Waals surface area contributed by atoms with Crippen LogP contribution in [0.2, 0.25) is 0 Å². The third-order valence-corrected chi connectivity index (χ3v) is 6.82. The summed E-state index contributed by atoms with van der Waals surface area (Å²) in [5.74, 6) is 1.15. The van der Waals surface area contributed by atoms with Gasteiger partial charge in [0.15, 0.2) is 11.0 Å². The molecule has 0 fully saturated rings. The van der Waals surface area contributed by atoms with Gasteiger partial charge in [0.25, 0.3) is 0 Å². The van der Waals surface area contributed by atoms with Crippen molar-refractivity contribution in [3.8, 4) is 11.4 Å². The second-order valence-corrected chi connectivity index (χ2v) is 8.77. The van der Waals surface area contributed by atoms with E-state index in [9.17, 15) is 4.79 Å². The molecule has 0 atom stereocenters. The fourth-order valence-corrected chi connectivity index (χ4v) is 4.77. The molecule has 0 spiro atoms. The van der Waals surface area contributed by atoms with Gasteiger partial charge in [0, 0.05) is 17.8 Å². The first-order chi connectivity index (χ1) is 14.6. The van der Waals surface area contributed by atoms with Crippen LogP contribution in [0.1, 0.15) is 42.0 Å². The van der Waals surface area contributed by atoms with Gasteiger partial charge in [-0.25, -0.2) is 0 Å². The van der Waals surface area contributed by atoms with E-state index in [0.717, 1.165) is 40.8 Å². The topological polar surface area (TPSA) is 59.8 Å². The van der Waals surface area contributed by atoms with E-state index in [1.807, 2.05) is 32.0 Å². The number of hydrogen-bond acceptors (Lipinski definition) is 4. The average Bonchev–Trinajstić information content (AvgIpc) is 3.18. The Morgan fingerprint density at radius 3 is 2.70 bits per heavy atom. The third-order valence-electron chi connectivity index (χ3n) is 5.85. The van der Waals surface area contributed by atoms with E-state index in [1.165, 1.54) is 47.7 Å². The van der Waals surface area contributed by atoms with Crippen LogP contribution in [0.25, 0.3) is 11.4 Å². The lowest BCUT2D eigenvalue weighted by Crippen LogP contribution is -2.15. The molecule has 4 rings (SSSR count). The summed E-state index contributed by atoms with van der Waals surface area (Å²) in [5, 5.41) is 12.6. The van der Waals surface area contributed by atoms with Gasteiger partial charge in [0.2, 0.25) is 5.91 Å². The van der Waals surface area contributed by atoms with E-state index in [-0.39, 0.29) is 5.91 Å². The highest BCUT2D eigenvalue weighted by Crippen LogP contribution is 2.29. The second kappa shape index (κ2) is 9.04. The highest BCUT2D eigenvalue weighted by atomic mass is 32.2. The van der Waals surface area contributed by atoms with Crippen molar-refractivity contribution in [1.82, 2.24) is 14.8 Å². The molecular formula is C24H28N4OS. The number of thioether (sulfide) groups is 1. The van der Waals surface area contributed by atoms with Crippen molar-refractivity contribution in [3.05, 3.63) is 58.7 Å². The monoisotopic (exact) mass is 420 g/mol. The number of aryl methyl sites for hydroxylation is 3. The summed E-state index contributed by atoms with van der Waals surface area (Å²) in [5.41, 5.74) is 7.14. The molecule has 0 aliphatic heterocycles. The van der Waals surface area contributed by atoms with Gasteiger partial charge in [-0.15, -0.1) is 10.2 Å². The standard InChI is InChI=1S/C24H28N4OS/c1-4-28-23(20-13-12-18-9-5-6-10-19(18)14-20)26-27-24(28)30-15-22(29)25-21-11-7-8-16(2)17(21)3/h7-8,11-14H,4-6,9-10,15H2,1-3H3,(H,25,29). The predicted octanol–water partition coefficient (Wildman–Crippen LogP) is 5.19. The summed E-state index contributed by atoms with van der Waals surface area (Å²) in [6.45, 7) is 6.92.